The maximum Gasteiger partial charge on any atom is 0.318 e. The van der Waals surface area contributed by atoms with E-state index in [1.807, 2.05) is 23.2 Å². The van der Waals surface area contributed by atoms with Crippen molar-refractivity contribution < 1.29 is 13.9 Å². The molecule has 0 radical (unpaired) electrons. The Hall–Kier alpha value is -2.52. The van der Waals surface area contributed by atoms with Crippen LogP contribution in [0.5, 0.6) is 0 Å². The number of urea groups is 1. The summed E-state index contributed by atoms with van der Waals surface area (Å²) in [4.78, 5) is 28.9. The van der Waals surface area contributed by atoms with Crippen molar-refractivity contribution in [2.45, 2.75) is 55.8 Å². The SMILES string of the molecule is CC1N=C(N2CCOCC2)N=CC1N1CC2(CCC(c3ccc(F)cc3)(N(C)C)CC2)NC1=O. The number of carbonyl (C=O) groups excluding carboxylic acids is 1. The van der Waals surface area contributed by atoms with Crippen molar-refractivity contribution in [2.24, 2.45) is 9.98 Å². The lowest BCUT2D eigenvalue weighted by atomic mass is 9.69. The van der Waals surface area contributed by atoms with Crippen molar-refractivity contribution in [3.8, 4) is 0 Å². The zero-order valence-electron chi connectivity index (χ0n) is 20.3. The number of ether oxygens (including phenoxy) is 1. The fourth-order valence-electron chi connectivity index (χ4n) is 5.98. The lowest BCUT2D eigenvalue weighted by Gasteiger charge is -2.48. The van der Waals surface area contributed by atoms with E-state index in [1.165, 1.54) is 0 Å². The van der Waals surface area contributed by atoms with Crippen LogP contribution in [-0.4, -0.2) is 97.5 Å². The third kappa shape index (κ3) is 4.09. The fraction of sp³-hybridized carbons (Fsp3) is 0.640. The van der Waals surface area contributed by atoms with E-state index in [-0.39, 0.29) is 35.0 Å². The first kappa shape index (κ1) is 23.2. The van der Waals surface area contributed by atoms with Crippen LogP contribution in [0.25, 0.3) is 0 Å². The van der Waals surface area contributed by atoms with Crippen molar-refractivity contribution >= 4 is 18.2 Å². The molecule has 1 N–H and O–H groups in total. The summed E-state index contributed by atoms with van der Waals surface area (Å²) in [5.74, 6) is 0.528. The van der Waals surface area contributed by atoms with Gasteiger partial charge in [0.05, 0.1) is 30.8 Å². The molecular weight excluding hydrogens is 435 g/mol. The number of nitrogens with zero attached hydrogens (tertiary/aromatic N) is 5. The summed E-state index contributed by atoms with van der Waals surface area (Å²) in [6.07, 6.45) is 5.42. The molecule has 9 heteroatoms. The van der Waals surface area contributed by atoms with E-state index in [1.54, 1.807) is 12.1 Å². The van der Waals surface area contributed by atoms with Gasteiger partial charge in [0.15, 0.2) is 0 Å². The molecule has 3 fully saturated rings. The summed E-state index contributed by atoms with van der Waals surface area (Å²) in [5.41, 5.74) is 0.722. The standard InChI is InChI=1S/C25H35FN6O2/c1-18-21(16-27-22(28-18)31-12-14-34-15-13-31)32-17-24(29-23(32)33)8-10-25(11-9-24,30(2)3)19-4-6-20(26)7-5-19/h4-7,16,18,21H,8-15,17H2,1-3H3,(H,29,33). The summed E-state index contributed by atoms with van der Waals surface area (Å²) < 4.78 is 19.0. The Labute approximate surface area is 200 Å². The molecule has 5 rings (SSSR count). The number of amides is 2. The Morgan fingerprint density at radius 1 is 1.12 bits per heavy atom. The number of halogens is 1. The van der Waals surface area contributed by atoms with Gasteiger partial charge < -0.3 is 19.9 Å². The molecule has 2 saturated heterocycles. The van der Waals surface area contributed by atoms with Gasteiger partial charge in [-0.1, -0.05) is 12.1 Å². The normalized spacial score (nSPS) is 34.0. The molecule has 184 valence electrons. The minimum Gasteiger partial charge on any atom is -0.378 e. The van der Waals surface area contributed by atoms with Crippen molar-refractivity contribution in [2.75, 3.05) is 46.9 Å². The molecule has 0 aromatic heterocycles. The zero-order valence-corrected chi connectivity index (χ0v) is 20.3. The van der Waals surface area contributed by atoms with Gasteiger partial charge in [0.25, 0.3) is 0 Å². The molecule has 3 heterocycles. The van der Waals surface area contributed by atoms with Crippen molar-refractivity contribution in [1.82, 2.24) is 20.0 Å². The smallest absolute Gasteiger partial charge is 0.318 e. The van der Waals surface area contributed by atoms with E-state index in [2.05, 4.69) is 41.1 Å². The highest BCUT2D eigenvalue weighted by Crippen LogP contribution is 2.46. The second-order valence-electron chi connectivity index (χ2n) is 10.3. The first-order chi connectivity index (χ1) is 16.3. The van der Waals surface area contributed by atoms with Gasteiger partial charge in [-0.15, -0.1) is 0 Å². The second-order valence-corrected chi connectivity index (χ2v) is 10.3. The first-order valence-electron chi connectivity index (χ1n) is 12.3. The number of hydrogen-bond acceptors (Lipinski definition) is 6. The summed E-state index contributed by atoms with van der Waals surface area (Å²) in [6.45, 7) is 5.68. The summed E-state index contributed by atoms with van der Waals surface area (Å²) in [7, 11) is 4.18. The minimum absolute atomic E-state index is 0.0348. The van der Waals surface area contributed by atoms with Gasteiger partial charge in [0.2, 0.25) is 5.96 Å². The van der Waals surface area contributed by atoms with Gasteiger partial charge >= 0.3 is 6.03 Å². The summed E-state index contributed by atoms with van der Waals surface area (Å²) in [6, 6.07) is 6.64. The van der Waals surface area contributed by atoms with E-state index in [9.17, 15) is 9.18 Å². The Bertz CT molecular complexity index is 964. The molecule has 2 amide bonds. The van der Waals surface area contributed by atoms with Crippen LogP contribution >= 0.6 is 0 Å². The molecule has 2 unspecified atom stereocenters. The average molecular weight is 471 g/mol. The number of nitrogens with one attached hydrogen (secondary N) is 1. The number of carbonyl (C=O) groups is 1. The lowest BCUT2D eigenvalue weighted by molar-refractivity contribution is 0.0609. The van der Waals surface area contributed by atoms with Crippen LogP contribution in [0.15, 0.2) is 34.3 Å². The third-order valence-corrected chi connectivity index (χ3v) is 8.19. The van der Waals surface area contributed by atoms with Crippen molar-refractivity contribution in [1.29, 1.82) is 0 Å². The van der Waals surface area contributed by atoms with Gasteiger partial charge in [-0.3, -0.25) is 4.90 Å². The molecule has 3 aliphatic heterocycles. The van der Waals surface area contributed by atoms with Gasteiger partial charge in [-0.25, -0.2) is 19.2 Å². The molecule has 2 atom stereocenters. The Morgan fingerprint density at radius 2 is 1.79 bits per heavy atom. The topological polar surface area (TPSA) is 72.8 Å². The molecule has 1 spiro atoms. The maximum atomic E-state index is 13.6. The van der Waals surface area contributed by atoms with E-state index < -0.39 is 0 Å². The quantitative estimate of drug-likeness (QED) is 0.737. The molecule has 4 aliphatic rings. The molecule has 0 bridgehead atoms. The van der Waals surface area contributed by atoms with Gasteiger partial charge in [0, 0.05) is 31.4 Å². The monoisotopic (exact) mass is 470 g/mol. The van der Waals surface area contributed by atoms with Crippen molar-refractivity contribution in [3.05, 3.63) is 35.6 Å². The fourth-order valence-corrected chi connectivity index (χ4v) is 5.98. The highest BCUT2D eigenvalue weighted by molar-refractivity contribution is 5.93. The molecule has 1 saturated carbocycles. The van der Waals surface area contributed by atoms with E-state index in [4.69, 9.17) is 9.73 Å². The Kier molecular flexibility index (Phi) is 6.10. The Balaban J connectivity index is 1.28. The van der Waals surface area contributed by atoms with E-state index in [0.717, 1.165) is 50.3 Å². The molecule has 34 heavy (non-hydrogen) atoms. The predicted octanol–water partition coefficient (Wildman–Crippen LogP) is 2.45. The van der Waals surface area contributed by atoms with Crippen LogP contribution in [-0.2, 0) is 10.3 Å². The molecule has 1 aliphatic carbocycles. The average Bonchev–Trinajstić information content (AvgIpc) is 3.16. The van der Waals surface area contributed by atoms with Crippen LogP contribution in [0.2, 0.25) is 0 Å². The van der Waals surface area contributed by atoms with Gasteiger partial charge in [0.1, 0.15) is 5.82 Å². The predicted molar refractivity (Wildman–Crippen MR) is 130 cm³/mol. The third-order valence-electron chi connectivity index (χ3n) is 8.19. The lowest BCUT2D eigenvalue weighted by Crippen LogP contribution is -2.54. The Morgan fingerprint density at radius 3 is 2.41 bits per heavy atom. The van der Waals surface area contributed by atoms with Crippen LogP contribution < -0.4 is 5.32 Å². The van der Waals surface area contributed by atoms with Crippen LogP contribution in [0.4, 0.5) is 9.18 Å². The van der Waals surface area contributed by atoms with Gasteiger partial charge in [-0.05, 0) is 64.4 Å². The van der Waals surface area contributed by atoms with E-state index in [0.29, 0.717) is 19.8 Å². The highest BCUT2D eigenvalue weighted by atomic mass is 19.1. The van der Waals surface area contributed by atoms with Crippen LogP contribution in [0.1, 0.15) is 38.2 Å². The highest BCUT2D eigenvalue weighted by Gasteiger charge is 2.51. The molecule has 1 aromatic rings. The molecule has 1 aromatic carbocycles. The van der Waals surface area contributed by atoms with Gasteiger partial charge in [-0.2, -0.15) is 0 Å². The van der Waals surface area contributed by atoms with Crippen LogP contribution in [0.3, 0.4) is 0 Å². The molecule has 8 nitrogen and oxygen atoms in total. The number of rotatable bonds is 3. The first-order valence-corrected chi connectivity index (χ1v) is 12.3. The second kappa shape index (κ2) is 8.92. The number of morpholine rings is 1. The number of benzene rings is 1. The minimum atomic E-state index is -0.252. The van der Waals surface area contributed by atoms with E-state index >= 15 is 0 Å². The van der Waals surface area contributed by atoms with Crippen molar-refractivity contribution in [3.63, 3.8) is 0 Å². The number of aliphatic imine (C=N–C) groups is 2. The zero-order chi connectivity index (χ0) is 23.9. The summed E-state index contributed by atoms with van der Waals surface area (Å²) in [5, 5.41) is 3.32. The summed E-state index contributed by atoms with van der Waals surface area (Å²) >= 11 is 0. The van der Waals surface area contributed by atoms with Crippen LogP contribution in [0, 0.1) is 5.82 Å². The number of guanidine groups is 1. The largest absolute Gasteiger partial charge is 0.378 e. The molecular formula is C25H35FN6O2. The number of hydrogen-bond donors (Lipinski definition) is 1. The maximum absolute atomic E-state index is 13.6.